The Balaban J connectivity index is 1.75. The fourth-order valence-electron chi connectivity index (χ4n) is 3.31. The molecule has 0 radical (unpaired) electrons. The lowest BCUT2D eigenvalue weighted by Crippen LogP contribution is -2.48. The second kappa shape index (κ2) is 8.09. The predicted molar refractivity (Wildman–Crippen MR) is 110 cm³/mol. The van der Waals surface area contributed by atoms with Crippen LogP contribution in [0.1, 0.15) is 18.1 Å². The molecule has 0 unspecified atom stereocenters. The van der Waals surface area contributed by atoms with E-state index in [1.807, 2.05) is 13.0 Å². The first-order valence-electron chi connectivity index (χ1n) is 9.08. The molecule has 0 aromatic heterocycles. The summed E-state index contributed by atoms with van der Waals surface area (Å²) in [7, 11) is -3.57. The zero-order chi connectivity index (χ0) is 19.6. The van der Waals surface area contributed by atoms with Crippen molar-refractivity contribution in [3.05, 3.63) is 52.5 Å². The van der Waals surface area contributed by atoms with Gasteiger partial charge in [-0.1, -0.05) is 23.7 Å². The fourth-order valence-corrected chi connectivity index (χ4v) is 5.06. The third kappa shape index (κ3) is 4.08. The van der Waals surface area contributed by atoms with Gasteiger partial charge in [-0.25, -0.2) is 8.42 Å². The van der Waals surface area contributed by atoms with Crippen molar-refractivity contribution in [3.63, 3.8) is 0 Å². The molecule has 146 valence electrons. The summed E-state index contributed by atoms with van der Waals surface area (Å²) in [6.07, 6.45) is 0. The Kier molecular flexibility index (Phi) is 5.99. The van der Waals surface area contributed by atoms with Gasteiger partial charge in [-0.15, -0.1) is 0 Å². The summed E-state index contributed by atoms with van der Waals surface area (Å²) in [4.78, 5) is 2.45. The number of hydrogen-bond donors (Lipinski definition) is 0. The molecule has 27 heavy (non-hydrogen) atoms. The van der Waals surface area contributed by atoms with Crippen LogP contribution in [0.3, 0.4) is 0 Å². The molecular weight excluding hydrogens is 384 g/mol. The molecule has 0 spiro atoms. The minimum atomic E-state index is -3.57. The Bertz CT molecular complexity index is 923. The number of sulfonamides is 1. The summed E-state index contributed by atoms with van der Waals surface area (Å²) in [6.45, 7) is 8.75. The summed E-state index contributed by atoms with van der Waals surface area (Å²) in [6, 6.07) is 10.9. The Morgan fingerprint density at radius 3 is 2.41 bits per heavy atom. The van der Waals surface area contributed by atoms with Crippen LogP contribution in [-0.4, -0.2) is 45.5 Å². The maximum absolute atomic E-state index is 13.0. The highest BCUT2D eigenvalue weighted by Gasteiger charge is 2.29. The summed E-state index contributed by atoms with van der Waals surface area (Å²) in [5.74, 6) is 0.498. The normalized spacial score (nSPS) is 15.8. The van der Waals surface area contributed by atoms with Crippen LogP contribution in [-0.2, 0) is 10.0 Å². The second-order valence-corrected chi connectivity index (χ2v) is 8.98. The number of nitrogens with zero attached hydrogens (tertiary/aromatic N) is 2. The molecule has 0 aliphatic carbocycles. The van der Waals surface area contributed by atoms with E-state index >= 15 is 0 Å². The van der Waals surface area contributed by atoms with E-state index in [0.717, 1.165) is 0 Å². The molecule has 1 aliphatic heterocycles. The molecule has 0 N–H and O–H groups in total. The maximum atomic E-state index is 13.0. The van der Waals surface area contributed by atoms with Gasteiger partial charge in [-0.3, -0.25) is 0 Å². The highest BCUT2D eigenvalue weighted by Crippen LogP contribution is 2.30. The van der Waals surface area contributed by atoms with Crippen molar-refractivity contribution in [2.24, 2.45) is 0 Å². The van der Waals surface area contributed by atoms with Gasteiger partial charge in [0.1, 0.15) is 5.75 Å². The molecule has 0 saturated carbocycles. The Labute approximate surface area is 166 Å². The van der Waals surface area contributed by atoms with Crippen LogP contribution in [0.4, 0.5) is 5.69 Å². The van der Waals surface area contributed by atoms with Gasteiger partial charge < -0.3 is 9.64 Å². The molecule has 1 fully saturated rings. The Hall–Kier alpha value is -1.76. The van der Waals surface area contributed by atoms with Gasteiger partial charge in [-0.2, -0.15) is 4.31 Å². The van der Waals surface area contributed by atoms with E-state index in [1.165, 1.54) is 27.2 Å². The smallest absolute Gasteiger partial charge is 0.243 e. The number of benzene rings is 2. The number of aryl methyl sites for hydroxylation is 1. The van der Waals surface area contributed by atoms with Crippen LogP contribution in [0.25, 0.3) is 0 Å². The third-order valence-electron chi connectivity index (χ3n) is 5.00. The summed E-state index contributed by atoms with van der Waals surface area (Å²) < 4.78 is 32.9. The first-order valence-corrected chi connectivity index (χ1v) is 10.9. The maximum Gasteiger partial charge on any atom is 0.243 e. The van der Waals surface area contributed by atoms with E-state index in [-0.39, 0.29) is 4.90 Å². The average Bonchev–Trinajstić information content (AvgIpc) is 2.66. The topological polar surface area (TPSA) is 49.9 Å². The van der Waals surface area contributed by atoms with E-state index in [4.69, 9.17) is 16.3 Å². The molecule has 3 rings (SSSR count). The van der Waals surface area contributed by atoms with Crippen molar-refractivity contribution in [1.29, 1.82) is 0 Å². The first-order chi connectivity index (χ1) is 12.8. The van der Waals surface area contributed by atoms with Crippen molar-refractivity contribution < 1.29 is 13.2 Å². The van der Waals surface area contributed by atoms with Crippen LogP contribution in [0.5, 0.6) is 5.75 Å². The van der Waals surface area contributed by atoms with Gasteiger partial charge >= 0.3 is 0 Å². The van der Waals surface area contributed by atoms with Gasteiger partial charge in [-0.05, 0) is 56.2 Å². The lowest BCUT2D eigenvalue weighted by molar-refractivity contribution is 0.340. The Morgan fingerprint density at radius 2 is 1.78 bits per heavy atom. The number of piperazine rings is 1. The van der Waals surface area contributed by atoms with Gasteiger partial charge in [0.25, 0.3) is 0 Å². The van der Waals surface area contributed by atoms with Gasteiger partial charge in [0.2, 0.25) is 10.0 Å². The molecule has 0 amide bonds. The fraction of sp³-hybridized carbons (Fsp3) is 0.400. The standard InChI is InChI=1S/C20H25ClN2O3S/c1-4-26-20-9-8-17(14-18(20)21)27(24,25)23-12-10-22(11-13-23)19-7-5-6-15(2)16(19)3/h5-9,14H,4,10-13H2,1-3H3. The summed E-state index contributed by atoms with van der Waals surface area (Å²) in [5, 5.41) is 0.312. The molecule has 1 heterocycles. The highest BCUT2D eigenvalue weighted by atomic mass is 35.5. The van der Waals surface area contributed by atoms with E-state index in [0.29, 0.717) is 43.6 Å². The van der Waals surface area contributed by atoms with Crippen molar-refractivity contribution in [2.45, 2.75) is 25.7 Å². The van der Waals surface area contributed by atoms with Crippen LogP contribution in [0, 0.1) is 13.8 Å². The molecular formula is C20H25ClN2O3S. The van der Waals surface area contributed by atoms with Crippen LogP contribution >= 0.6 is 11.6 Å². The lowest BCUT2D eigenvalue weighted by atomic mass is 10.1. The van der Waals surface area contributed by atoms with E-state index in [1.54, 1.807) is 12.1 Å². The summed E-state index contributed by atoms with van der Waals surface area (Å²) >= 11 is 6.17. The largest absolute Gasteiger partial charge is 0.492 e. The number of anilines is 1. The van der Waals surface area contributed by atoms with Crippen molar-refractivity contribution in [3.8, 4) is 5.75 Å². The zero-order valence-electron chi connectivity index (χ0n) is 15.9. The molecule has 7 heteroatoms. The third-order valence-corrected chi connectivity index (χ3v) is 7.19. The summed E-state index contributed by atoms with van der Waals surface area (Å²) in [5.41, 5.74) is 3.66. The highest BCUT2D eigenvalue weighted by molar-refractivity contribution is 7.89. The SMILES string of the molecule is CCOc1ccc(S(=O)(=O)N2CCN(c3cccc(C)c3C)CC2)cc1Cl. The monoisotopic (exact) mass is 408 g/mol. The average molecular weight is 409 g/mol. The first kappa shape index (κ1) is 20.0. The number of halogens is 1. The van der Waals surface area contributed by atoms with Crippen molar-refractivity contribution in [2.75, 3.05) is 37.7 Å². The molecule has 0 atom stereocenters. The van der Waals surface area contributed by atoms with Gasteiger partial charge in [0.15, 0.2) is 0 Å². The van der Waals surface area contributed by atoms with Gasteiger partial charge in [0, 0.05) is 31.9 Å². The molecule has 0 bridgehead atoms. The van der Waals surface area contributed by atoms with Crippen LogP contribution < -0.4 is 9.64 Å². The molecule has 5 nitrogen and oxygen atoms in total. The molecule has 1 saturated heterocycles. The molecule has 2 aromatic rings. The minimum Gasteiger partial charge on any atom is -0.492 e. The van der Waals surface area contributed by atoms with E-state index < -0.39 is 10.0 Å². The number of ether oxygens (including phenoxy) is 1. The lowest BCUT2D eigenvalue weighted by Gasteiger charge is -2.36. The van der Waals surface area contributed by atoms with E-state index in [2.05, 4.69) is 30.9 Å². The van der Waals surface area contributed by atoms with E-state index in [9.17, 15) is 8.42 Å². The number of hydrogen-bond acceptors (Lipinski definition) is 4. The second-order valence-electron chi connectivity index (χ2n) is 6.64. The minimum absolute atomic E-state index is 0.205. The van der Waals surface area contributed by atoms with Gasteiger partial charge in [0.05, 0.1) is 16.5 Å². The van der Waals surface area contributed by atoms with Crippen molar-refractivity contribution in [1.82, 2.24) is 4.31 Å². The van der Waals surface area contributed by atoms with Crippen LogP contribution in [0.15, 0.2) is 41.3 Å². The Morgan fingerprint density at radius 1 is 1.07 bits per heavy atom. The quantitative estimate of drug-likeness (QED) is 0.753. The van der Waals surface area contributed by atoms with Crippen molar-refractivity contribution >= 4 is 27.3 Å². The molecule has 1 aliphatic rings. The molecule has 2 aromatic carbocycles. The van der Waals surface area contributed by atoms with Crippen LogP contribution in [0.2, 0.25) is 5.02 Å². The number of rotatable bonds is 5. The predicted octanol–water partition coefficient (Wildman–Crippen LogP) is 3.87. The zero-order valence-corrected chi connectivity index (χ0v) is 17.5.